The molecule has 2 aliphatic carbocycles. The van der Waals surface area contributed by atoms with Crippen LogP contribution in [0.3, 0.4) is 0 Å². The van der Waals surface area contributed by atoms with E-state index < -0.39 is 0 Å². The Morgan fingerprint density at radius 3 is 1.76 bits per heavy atom. The molecule has 0 aromatic carbocycles. The van der Waals surface area contributed by atoms with Gasteiger partial charge >= 0.3 is 0 Å². The van der Waals surface area contributed by atoms with E-state index in [1.165, 1.54) is 51.4 Å². The molecule has 0 aliphatic heterocycles. The van der Waals surface area contributed by atoms with Crippen LogP contribution in [-0.2, 0) is 0 Å². The Kier molecular flexibility index (Phi) is 4.70. The minimum absolute atomic E-state index is 0.908. The van der Waals surface area contributed by atoms with Crippen molar-refractivity contribution in [2.24, 2.45) is 23.7 Å². The number of rotatable bonds is 2. The molecule has 2 rings (SSSR count). The van der Waals surface area contributed by atoms with Gasteiger partial charge in [0, 0.05) is 0 Å². The smallest absolute Gasteiger partial charge is 0.0206 e. The van der Waals surface area contributed by atoms with Crippen molar-refractivity contribution in [2.45, 2.75) is 72.1 Å². The lowest BCUT2D eigenvalue weighted by molar-refractivity contribution is 0.309. The zero-order valence-corrected chi connectivity index (χ0v) is 12.0. The fourth-order valence-electron chi connectivity index (χ4n) is 3.68. The fourth-order valence-corrected chi connectivity index (χ4v) is 3.68. The molecule has 0 heterocycles. The lowest BCUT2D eigenvalue weighted by Crippen LogP contribution is -2.15. The molecule has 0 saturated heterocycles. The molecule has 0 aromatic rings. The molecule has 0 bridgehead atoms. The third-order valence-electron chi connectivity index (χ3n) is 5.22. The lowest BCUT2D eigenvalue weighted by Gasteiger charge is -2.29. The molecule has 0 unspecified atom stereocenters. The highest BCUT2D eigenvalue weighted by molar-refractivity contribution is 5.07. The Hall–Kier alpha value is -0.260. The van der Waals surface area contributed by atoms with E-state index in [1.807, 2.05) is 0 Å². The average Bonchev–Trinajstić information content (AvgIpc) is 2.33. The normalized spacial score (nSPS) is 40.3. The molecule has 0 aromatic heterocycles. The van der Waals surface area contributed by atoms with Crippen LogP contribution in [0.15, 0.2) is 11.6 Å². The molecule has 98 valence electrons. The highest BCUT2D eigenvalue weighted by atomic mass is 14.3. The van der Waals surface area contributed by atoms with Crippen LogP contribution in [0.1, 0.15) is 72.1 Å². The highest BCUT2D eigenvalue weighted by Gasteiger charge is 2.21. The van der Waals surface area contributed by atoms with Crippen molar-refractivity contribution in [1.82, 2.24) is 0 Å². The van der Waals surface area contributed by atoms with Crippen molar-refractivity contribution in [1.29, 1.82) is 0 Å². The van der Waals surface area contributed by atoms with Gasteiger partial charge in [-0.3, -0.25) is 0 Å². The Labute approximate surface area is 108 Å². The van der Waals surface area contributed by atoms with Crippen LogP contribution in [-0.4, -0.2) is 0 Å². The van der Waals surface area contributed by atoms with Crippen LogP contribution in [0.25, 0.3) is 0 Å². The minimum atomic E-state index is 0.908. The maximum absolute atomic E-state index is 2.65. The largest absolute Gasteiger partial charge is 0.0822 e. The molecule has 2 aliphatic rings. The molecule has 2 fully saturated rings. The first kappa shape index (κ1) is 13.2. The van der Waals surface area contributed by atoms with E-state index in [-0.39, 0.29) is 0 Å². The monoisotopic (exact) mass is 234 g/mol. The molecule has 0 heteroatoms. The number of allylic oxidation sites excluding steroid dienone is 2. The lowest BCUT2D eigenvalue weighted by atomic mass is 9.77. The summed E-state index contributed by atoms with van der Waals surface area (Å²) >= 11 is 0. The molecule has 0 spiro atoms. The second-order valence-electron chi connectivity index (χ2n) is 6.89. The molecular formula is C17H30. The summed E-state index contributed by atoms with van der Waals surface area (Å²) in [5.41, 5.74) is 1.72. The first-order valence-corrected chi connectivity index (χ1v) is 7.83. The molecule has 0 atom stereocenters. The van der Waals surface area contributed by atoms with Gasteiger partial charge < -0.3 is 0 Å². The van der Waals surface area contributed by atoms with Crippen molar-refractivity contribution < 1.29 is 0 Å². The van der Waals surface area contributed by atoms with Crippen LogP contribution in [0.4, 0.5) is 0 Å². The van der Waals surface area contributed by atoms with Crippen LogP contribution in [0.5, 0.6) is 0 Å². The molecular weight excluding hydrogens is 204 g/mol. The van der Waals surface area contributed by atoms with Gasteiger partial charge in [-0.2, -0.15) is 0 Å². The SMILES string of the molecule is C/C(=C\C1CCC(C)CC1)C1CCC(C)CC1. The van der Waals surface area contributed by atoms with Gasteiger partial charge in [0.15, 0.2) is 0 Å². The summed E-state index contributed by atoms with van der Waals surface area (Å²) in [5.74, 6) is 3.79. The van der Waals surface area contributed by atoms with Gasteiger partial charge in [0.05, 0.1) is 0 Å². The van der Waals surface area contributed by atoms with E-state index in [0.717, 1.165) is 23.7 Å². The summed E-state index contributed by atoms with van der Waals surface area (Å²) in [7, 11) is 0. The predicted molar refractivity (Wildman–Crippen MR) is 76.0 cm³/mol. The number of hydrogen-bond donors (Lipinski definition) is 0. The van der Waals surface area contributed by atoms with Crippen LogP contribution < -0.4 is 0 Å². The summed E-state index contributed by atoms with van der Waals surface area (Å²) in [6.07, 6.45) is 14.3. The summed E-state index contributed by atoms with van der Waals surface area (Å²) in [4.78, 5) is 0. The minimum Gasteiger partial charge on any atom is -0.0822 e. The first-order valence-electron chi connectivity index (χ1n) is 7.83. The van der Waals surface area contributed by atoms with Crippen molar-refractivity contribution in [3.8, 4) is 0 Å². The predicted octanol–water partition coefficient (Wildman–Crippen LogP) is 5.59. The van der Waals surface area contributed by atoms with Crippen LogP contribution in [0.2, 0.25) is 0 Å². The first-order chi connectivity index (χ1) is 8.15. The number of hydrogen-bond acceptors (Lipinski definition) is 0. The second kappa shape index (κ2) is 6.07. The van der Waals surface area contributed by atoms with Gasteiger partial charge in [0.2, 0.25) is 0 Å². The van der Waals surface area contributed by atoms with Crippen molar-refractivity contribution >= 4 is 0 Å². The second-order valence-corrected chi connectivity index (χ2v) is 6.89. The maximum Gasteiger partial charge on any atom is -0.0206 e. The topological polar surface area (TPSA) is 0 Å². The molecule has 17 heavy (non-hydrogen) atoms. The average molecular weight is 234 g/mol. The van der Waals surface area contributed by atoms with E-state index in [4.69, 9.17) is 0 Å². The van der Waals surface area contributed by atoms with Gasteiger partial charge in [-0.15, -0.1) is 0 Å². The summed E-state index contributed by atoms with van der Waals surface area (Å²) in [6.45, 7) is 7.23. The Balaban J connectivity index is 1.84. The summed E-state index contributed by atoms with van der Waals surface area (Å²) in [6, 6.07) is 0. The van der Waals surface area contributed by atoms with Gasteiger partial charge in [-0.05, 0) is 56.3 Å². The van der Waals surface area contributed by atoms with Crippen LogP contribution >= 0.6 is 0 Å². The van der Waals surface area contributed by atoms with E-state index in [1.54, 1.807) is 5.57 Å². The van der Waals surface area contributed by atoms with Crippen molar-refractivity contribution in [3.05, 3.63) is 11.6 Å². The zero-order valence-electron chi connectivity index (χ0n) is 12.0. The molecule has 0 nitrogen and oxygen atoms in total. The van der Waals surface area contributed by atoms with Gasteiger partial charge in [0.1, 0.15) is 0 Å². The summed E-state index contributed by atoms with van der Waals surface area (Å²) < 4.78 is 0. The van der Waals surface area contributed by atoms with E-state index in [0.29, 0.717) is 0 Å². The standard InChI is InChI=1S/C17H30/c1-13-4-8-16(9-5-13)12-15(3)17-10-6-14(2)7-11-17/h12-14,16-17H,4-11H2,1-3H3/b15-12+. The zero-order chi connectivity index (χ0) is 12.3. The fraction of sp³-hybridized carbons (Fsp3) is 0.882. The highest BCUT2D eigenvalue weighted by Crippen LogP contribution is 2.35. The third kappa shape index (κ3) is 3.86. The third-order valence-corrected chi connectivity index (χ3v) is 5.22. The van der Waals surface area contributed by atoms with Crippen LogP contribution in [0, 0.1) is 23.7 Å². The molecule has 2 saturated carbocycles. The summed E-state index contributed by atoms with van der Waals surface area (Å²) in [5, 5.41) is 0. The van der Waals surface area contributed by atoms with Gasteiger partial charge in [-0.1, -0.05) is 51.2 Å². The van der Waals surface area contributed by atoms with E-state index in [2.05, 4.69) is 26.8 Å². The van der Waals surface area contributed by atoms with Gasteiger partial charge in [0.25, 0.3) is 0 Å². The molecule has 0 N–H and O–H groups in total. The Morgan fingerprint density at radius 2 is 1.24 bits per heavy atom. The Bertz CT molecular complexity index is 247. The molecule has 0 amide bonds. The maximum atomic E-state index is 2.65. The van der Waals surface area contributed by atoms with Gasteiger partial charge in [-0.25, -0.2) is 0 Å². The van der Waals surface area contributed by atoms with Crippen molar-refractivity contribution in [3.63, 3.8) is 0 Å². The molecule has 0 radical (unpaired) electrons. The van der Waals surface area contributed by atoms with E-state index in [9.17, 15) is 0 Å². The Morgan fingerprint density at radius 1 is 0.765 bits per heavy atom. The quantitative estimate of drug-likeness (QED) is 0.547. The van der Waals surface area contributed by atoms with E-state index >= 15 is 0 Å². The van der Waals surface area contributed by atoms with Crippen molar-refractivity contribution in [2.75, 3.05) is 0 Å².